The number of thiophene rings is 1. The van der Waals surface area contributed by atoms with E-state index in [4.69, 9.17) is 0 Å². The van der Waals surface area contributed by atoms with E-state index in [-0.39, 0.29) is 5.56 Å². The van der Waals surface area contributed by atoms with Crippen molar-refractivity contribution in [3.63, 3.8) is 0 Å². The minimum absolute atomic E-state index is 0.147. The first-order valence-electron chi connectivity index (χ1n) is 5.76. The van der Waals surface area contributed by atoms with Crippen LogP contribution in [0.4, 0.5) is 8.78 Å². The lowest BCUT2D eigenvalue weighted by Crippen LogP contribution is -2.24. The lowest BCUT2D eigenvalue weighted by molar-refractivity contribution is 0.0947. The second-order valence-corrected chi connectivity index (χ2v) is 5.33. The monoisotopic (exact) mass is 281 g/mol. The van der Waals surface area contributed by atoms with Gasteiger partial charge in [0, 0.05) is 17.5 Å². The largest absolute Gasteiger partial charge is 0.348 e. The standard InChI is InChI=1S/C14H13F2NOS/c1-8-9(2)19-7-10(8)6-17-14(18)12-4-3-11(15)5-13(12)16/h3-5,7H,6H2,1-2H3,(H,17,18). The summed E-state index contributed by atoms with van der Waals surface area (Å²) in [6.07, 6.45) is 0. The molecule has 0 aliphatic rings. The van der Waals surface area contributed by atoms with Gasteiger partial charge in [0.25, 0.3) is 5.91 Å². The smallest absolute Gasteiger partial charge is 0.254 e. The molecule has 0 saturated heterocycles. The van der Waals surface area contributed by atoms with Crippen LogP contribution < -0.4 is 5.32 Å². The Morgan fingerprint density at radius 3 is 2.63 bits per heavy atom. The van der Waals surface area contributed by atoms with Crippen LogP contribution >= 0.6 is 11.3 Å². The predicted molar refractivity (Wildman–Crippen MR) is 71.3 cm³/mol. The van der Waals surface area contributed by atoms with Crippen LogP contribution in [-0.4, -0.2) is 5.91 Å². The van der Waals surface area contributed by atoms with Gasteiger partial charge in [0.15, 0.2) is 0 Å². The first-order chi connectivity index (χ1) is 8.99. The zero-order valence-electron chi connectivity index (χ0n) is 10.6. The predicted octanol–water partition coefficient (Wildman–Crippen LogP) is 3.57. The molecule has 1 heterocycles. The Labute approximate surface area is 114 Å². The fourth-order valence-corrected chi connectivity index (χ4v) is 2.57. The van der Waals surface area contributed by atoms with E-state index in [1.54, 1.807) is 11.3 Å². The third-order valence-electron chi connectivity index (χ3n) is 3.00. The minimum Gasteiger partial charge on any atom is -0.348 e. The van der Waals surface area contributed by atoms with Crippen LogP contribution in [0, 0.1) is 25.5 Å². The van der Waals surface area contributed by atoms with E-state index in [9.17, 15) is 13.6 Å². The molecule has 0 unspecified atom stereocenters. The molecule has 0 aliphatic heterocycles. The molecule has 1 aromatic heterocycles. The summed E-state index contributed by atoms with van der Waals surface area (Å²) in [6, 6.07) is 2.92. The van der Waals surface area contributed by atoms with Crippen molar-refractivity contribution in [2.75, 3.05) is 0 Å². The van der Waals surface area contributed by atoms with Gasteiger partial charge in [-0.3, -0.25) is 4.79 Å². The normalized spacial score (nSPS) is 10.5. The molecule has 0 atom stereocenters. The summed E-state index contributed by atoms with van der Waals surface area (Å²) >= 11 is 1.61. The average Bonchev–Trinajstić information content (AvgIpc) is 2.67. The van der Waals surface area contributed by atoms with Crippen molar-refractivity contribution in [3.8, 4) is 0 Å². The summed E-state index contributed by atoms with van der Waals surface area (Å²) < 4.78 is 26.2. The highest BCUT2D eigenvalue weighted by molar-refractivity contribution is 7.10. The molecule has 0 saturated carbocycles. The minimum atomic E-state index is -0.851. The zero-order chi connectivity index (χ0) is 14.0. The van der Waals surface area contributed by atoms with Gasteiger partial charge in [0.1, 0.15) is 11.6 Å². The van der Waals surface area contributed by atoms with Gasteiger partial charge in [-0.05, 0) is 42.5 Å². The van der Waals surface area contributed by atoms with E-state index in [1.807, 2.05) is 19.2 Å². The number of aryl methyl sites for hydroxylation is 1. The Morgan fingerprint density at radius 1 is 1.32 bits per heavy atom. The van der Waals surface area contributed by atoms with Crippen LogP contribution in [-0.2, 0) is 6.54 Å². The molecule has 100 valence electrons. The molecular weight excluding hydrogens is 268 g/mol. The fraction of sp³-hybridized carbons (Fsp3) is 0.214. The maximum Gasteiger partial charge on any atom is 0.254 e. The van der Waals surface area contributed by atoms with Crippen molar-refractivity contribution in [2.24, 2.45) is 0 Å². The van der Waals surface area contributed by atoms with E-state index in [1.165, 1.54) is 4.88 Å². The van der Waals surface area contributed by atoms with Crippen LogP contribution in [0.2, 0.25) is 0 Å². The van der Waals surface area contributed by atoms with E-state index in [0.29, 0.717) is 12.6 Å². The van der Waals surface area contributed by atoms with Gasteiger partial charge in [-0.1, -0.05) is 0 Å². The lowest BCUT2D eigenvalue weighted by Gasteiger charge is -2.06. The molecule has 2 aromatic rings. The summed E-state index contributed by atoms with van der Waals surface area (Å²) in [5.41, 5.74) is 1.99. The zero-order valence-corrected chi connectivity index (χ0v) is 11.4. The molecule has 2 nitrogen and oxygen atoms in total. The van der Waals surface area contributed by atoms with Crippen LogP contribution in [0.3, 0.4) is 0 Å². The van der Waals surface area contributed by atoms with Crippen LogP contribution in [0.25, 0.3) is 0 Å². The van der Waals surface area contributed by atoms with E-state index < -0.39 is 17.5 Å². The van der Waals surface area contributed by atoms with Gasteiger partial charge in [0.05, 0.1) is 5.56 Å². The first kappa shape index (κ1) is 13.7. The summed E-state index contributed by atoms with van der Waals surface area (Å²) in [5.74, 6) is -2.09. The fourth-order valence-electron chi connectivity index (χ4n) is 1.68. The van der Waals surface area contributed by atoms with E-state index in [0.717, 1.165) is 23.3 Å². The van der Waals surface area contributed by atoms with Crippen molar-refractivity contribution in [1.82, 2.24) is 5.32 Å². The van der Waals surface area contributed by atoms with Crippen molar-refractivity contribution in [2.45, 2.75) is 20.4 Å². The lowest BCUT2D eigenvalue weighted by atomic mass is 10.1. The highest BCUT2D eigenvalue weighted by Gasteiger charge is 2.13. The van der Waals surface area contributed by atoms with Gasteiger partial charge in [-0.15, -0.1) is 11.3 Å². The highest BCUT2D eigenvalue weighted by Crippen LogP contribution is 2.20. The molecule has 2 rings (SSSR count). The molecule has 0 radical (unpaired) electrons. The number of halogens is 2. The molecule has 0 aliphatic carbocycles. The average molecular weight is 281 g/mol. The topological polar surface area (TPSA) is 29.1 Å². The third-order valence-corrected chi connectivity index (χ3v) is 4.06. The van der Waals surface area contributed by atoms with E-state index >= 15 is 0 Å². The number of benzene rings is 1. The van der Waals surface area contributed by atoms with Crippen molar-refractivity contribution in [1.29, 1.82) is 0 Å². The van der Waals surface area contributed by atoms with Gasteiger partial charge >= 0.3 is 0 Å². The molecule has 1 aromatic carbocycles. The first-order valence-corrected chi connectivity index (χ1v) is 6.64. The van der Waals surface area contributed by atoms with Crippen molar-refractivity contribution >= 4 is 17.2 Å². The molecule has 19 heavy (non-hydrogen) atoms. The molecule has 0 fully saturated rings. The van der Waals surface area contributed by atoms with Gasteiger partial charge in [-0.25, -0.2) is 8.78 Å². The van der Waals surface area contributed by atoms with Crippen LogP contribution in [0.15, 0.2) is 23.6 Å². The molecule has 5 heteroatoms. The summed E-state index contributed by atoms with van der Waals surface area (Å²) in [7, 11) is 0. The molecule has 0 spiro atoms. The molecule has 0 bridgehead atoms. The van der Waals surface area contributed by atoms with Gasteiger partial charge < -0.3 is 5.32 Å². The number of amides is 1. The van der Waals surface area contributed by atoms with Crippen LogP contribution in [0.1, 0.15) is 26.4 Å². The number of nitrogens with one attached hydrogen (secondary N) is 1. The third kappa shape index (κ3) is 2.98. The van der Waals surface area contributed by atoms with Gasteiger partial charge in [0.2, 0.25) is 0 Å². The summed E-state index contributed by atoms with van der Waals surface area (Å²) in [5, 5.41) is 4.60. The molecular formula is C14H13F2NOS. The number of hydrogen-bond acceptors (Lipinski definition) is 2. The van der Waals surface area contributed by atoms with Gasteiger partial charge in [-0.2, -0.15) is 0 Å². The second-order valence-electron chi connectivity index (χ2n) is 4.25. The number of hydrogen-bond donors (Lipinski definition) is 1. The Hall–Kier alpha value is -1.75. The van der Waals surface area contributed by atoms with E-state index in [2.05, 4.69) is 5.32 Å². The maximum absolute atomic E-state index is 13.4. The number of carbonyl (C=O) groups is 1. The Morgan fingerprint density at radius 2 is 2.05 bits per heavy atom. The maximum atomic E-state index is 13.4. The van der Waals surface area contributed by atoms with Crippen molar-refractivity contribution < 1.29 is 13.6 Å². The van der Waals surface area contributed by atoms with Crippen LogP contribution in [0.5, 0.6) is 0 Å². The molecule has 1 N–H and O–H groups in total. The summed E-state index contributed by atoms with van der Waals surface area (Å²) in [4.78, 5) is 13.0. The Balaban J connectivity index is 2.07. The highest BCUT2D eigenvalue weighted by atomic mass is 32.1. The SMILES string of the molecule is Cc1scc(CNC(=O)c2ccc(F)cc2F)c1C. The van der Waals surface area contributed by atoms with Crippen molar-refractivity contribution in [3.05, 3.63) is 56.8 Å². The number of rotatable bonds is 3. The quantitative estimate of drug-likeness (QED) is 0.915. The Bertz CT molecular complexity index is 622. The Kier molecular flexibility index (Phi) is 3.95. The summed E-state index contributed by atoms with van der Waals surface area (Å²) in [6.45, 7) is 4.32. The second kappa shape index (κ2) is 5.48. The number of carbonyl (C=O) groups excluding carboxylic acids is 1. The molecule has 1 amide bonds.